The number of anilines is 1. The third-order valence-corrected chi connectivity index (χ3v) is 4.34. The molecule has 0 aliphatic carbocycles. The van der Waals surface area contributed by atoms with Gasteiger partial charge in [0, 0.05) is 18.1 Å². The van der Waals surface area contributed by atoms with Crippen LogP contribution in [0.5, 0.6) is 0 Å². The van der Waals surface area contributed by atoms with E-state index in [-0.39, 0.29) is 11.7 Å². The van der Waals surface area contributed by atoms with Crippen LogP contribution in [0.2, 0.25) is 0 Å². The van der Waals surface area contributed by atoms with Crippen molar-refractivity contribution in [3.05, 3.63) is 59.7 Å². The molecule has 0 unspecified atom stereocenters. The fourth-order valence-corrected chi connectivity index (χ4v) is 3.31. The van der Waals surface area contributed by atoms with Crippen LogP contribution in [-0.2, 0) is 4.79 Å². The molecule has 0 aliphatic rings. The molecule has 3 aromatic rings. The number of amides is 1. The Labute approximate surface area is 144 Å². The molecule has 124 valence electrons. The van der Waals surface area contributed by atoms with Gasteiger partial charge in [-0.05, 0) is 56.2 Å². The Balaban J connectivity index is 1.67. The molecule has 1 aromatic carbocycles. The average Bonchev–Trinajstić information content (AvgIpc) is 3.13. The zero-order chi connectivity index (χ0) is 17.1. The van der Waals surface area contributed by atoms with Crippen molar-refractivity contribution in [2.45, 2.75) is 25.9 Å². The van der Waals surface area contributed by atoms with E-state index in [2.05, 4.69) is 21.6 Å². The molecular weight excluding hydrogens is 322 g/mol. The minimum atomic E-state index is -0.0651. The van der Waals surface area contributed by atoms with Crippen molar-refractivity contribution in [1.82, 2.24) is 19.5 Å². The first-order valence-electron chi connectivity index (χ1n) is 7.59. The lowest BCUT2D eigenvalue weighted by Crippen LogP contribution is -2.16. The third-order valence-electron chi connectivity index (χ3n) is 3.43. The molecule has 0 fully saturated rings. The SMILES string of the molecule is Cc1cc(C)cc(NC(=O)CSc2nnc(C)n2-n2cccc2)c1. The Morgan fingerprint density at radius 1 is 1.08 bits per heavy atom. The predicted octanol–water partition coefficient (Wildman–Crippen LogP) is 3.05. The lowest BCUT2D eigenvalue weighted by molar-refractivity contribution is -0.113. The summed E-state index contributed by atoms with van der Waals surface area (Å²) in [5, 5.41) is 11.9. The summed E-state index contributed by atoms with van der Waals surface area (Å²) in [4.78, 5) is 12.2. The average molecular weight is 341 g/mol. The van der Waals surface area contributed by atoms with Crippen molar-refractivity contribution < 1.29 is 4.79 Å². The minimum Gasteiger partial charge on any atom is -0.325 e. The number of benzene rings is 1. The van der Waals surface area contributed by atoms with Crippen molar-refractivity contribution in [2.24, 2.45) is 0 Å². The van der Waals surface area contributed by atoms with Gasteiger partial charge in [-0.25, -0.2) is 4.68 Å². The Hall–Kier alpha value is -2.54. The van der Waals surface area contributed by atoms with Crippen molar-refractivity contribution in [2.75, 3.05) is 11.1 Å². The van der Waals surface area contributed by atoms with Crippen LogP contribution in [0.3, 0.4) is 0 Å². The van der Waals surface area contributed by atoms with Gasteiger partial charge in [0.15, 0.2) is 5.82 Å². The maximum atomic E-state index is 12.2. The second kappa shape index (κ2) is 6.92. The molecule has 0 radical (unpaired) electrons. The van der Waals surface area contributed by atoms with E-state index in [1.165, 1.54) is 11.8 Å². The maximum Gasteiger partial charge on any atom is 0.234 e. The number of hydrogen-bond donors (Lipinski definition) is 1. The fraction of sp³-hybridized carbons (Fsp3) is 0.235. The van der Waals surface area contributed by atoms with E-state index in [1.54, 1.807) is 0 Å². The normalized spacial score (nSPS) is 10.8. The topological polar surface area (TPSA) is 64.7 Å². The van der Waals surface area contributed by atoms with E-state index in [0.717, 1.165) is 22.6 Å². The van der Waals surface area contributed by atoms with Gasteiger partial charge < -0.3 is 5.32 Å². The second-order valence-corrected chi connectivity index (χ2v) is 6.56. The number of rotatable bonds is 5. The van der Waals surface area contributed by atoms with Crippen LogP contribution in [-0.4, -0.2) is 31.2 Å². The highest BCUT2D eigenvalue weighted by molar-refractivity contribution is 7.99. The molecule has 0 atom stereocenters. The molecule has 7 heteroatoms. The van der Waals surface area contributed by atoms with Crippen molar-refractivity contribution in [3.63, 3.8) is 0 Å². The highest BCUT2D eigenvalue weighted by Gasteiger charge is 2.13. The van der Waals surface area contributed by atoms with Crippen LogP contribution >= 0.6 is 11.8 Å². The largest absolute Gasteiger partial charge is 0.325 e. The standard InChI is InChI=1S/C17H19N5OS/c1-12-8-13(2)10-15(9-12)18-16(23)11-24-17-20-19-14(3)22(17)21-6-4-5-7-21/h4-10H,11H2,1-3H3,(H,18,23). The molecule has 1 N–H and O–H groups in total. The van der Waals surface area contributed by atoms with E-state index in [0.29, 0.717) is 5.16 Å². The van der Waals surface area contributed by atoms with E-state index in [4.69, 9.17) is 0 Å². The molecular formula is C17H19N5OS. The molecule has 0 aliphatic heterocycles. The Morgan fingerprint density at radius 2 is 1.75 bits per heavy atom. The van der Waals surface area contributed by atoms with Gasteiger partial charge in [-0.3, -0.25) is 9.47 Å². The summed E-state index contributed by atoms with van der Waals surface area (Å²) in [5.74, 6) is 0.972. The summed E-state index contributed by atoms with van der Waals surface area (Å²) in [6, 6.07) is 9.86. The monoisotopic (exact) mass is 341 g/mol. The first kappa shape index (κ1) is 16.3. The number of thioether (sulfide) groups is 1. The third kappa shape index (κ3) is 3.68. The molecule has 2 heterocycles. The Morgan fingerprint density at radius 3 is 2.42 bits per heavy atom. The molecule has 3 rings (SSSR count). The van der Waals surface area contributed by atoms with Gasteiger partial charge in [-0.2, -0.15) is 0 Å². The summed E-state index contributed by atoms with van der Waals surface area (Å²) in [7, 11) is 0. The number of carbonyl (C=O) groups is 1. The number of aryl methyl sites for hydroxylation is 3. The summed E-state index contributed by atoms with van der Waals surface area (Å²) in [6.45, 7) is 5.91. The Bertz CT molecular complexity index is 834. The number of aromatic nitrogens is 4. The van der Waals surface area contributed by atoms with Gasteiger partial charge in [0.2, 0.25) is 11.1 Å². The zero-order valence-corrected chi connectivity index (χ0v) is 14.7. The van der Waals surface area contributed by atoms with Crippen molar-refractivity contribution in [1.29, 1.82) is 0 Å². The maximum absolute atomic E-state index is 12.2. The zero-order valence-electron chi connectivity index (χ0n) is 13.9. The van der Waals surface area contributed by atoms with E-state index < -0.39 is 0 Å². The fourth-order valence-electron chi connectivity index (χ4n) is 2.53. The first-order valence-corrected chi connectivity index (χ1v) is 8.58. The van der Waals surface area contributed by atoms with Gasteiger partial charge in [0.05, 0.1) is 5.75 Å². The van der Waals surface area contributed by atoms with Gasteiger partial charge >= 0.3 is 0 Å². The van der Waals surface area contributed by atoms with Crippen molar-refractivity contribution >= 4 is 23.4 Å². The van der Waals surface area contributed by atoms with Crippen LogP contribution in [0.25, 0.3) is 0 Å². The van der Waals surface area contributed by atoms with Gasteiger partial charge in [-0.15, -0.1) is 10.2 Å². The molecule has 24 heavy (non-hydrogen) atoms. The highest BCUT2D eigenvalue weighted by Crippen LogP contribution is 2.19. The molecule has 0 spiro atoms. The minimum absolute atomic E-state index is 0.0651. The van der Waals surface area contributed by atoms with Crippen LogP contribution < -0.4 is 5.32 Å². The highest BCUT2D eigenvalue weighted by atomic mass is 32.2. The number of nitrogens with one attached hydrogen (secondary N) is 1. The van der Waals surface area contributed by atoms with Gasteiger partial charge in [0.25, 0.3) is 0 Å². The van der Waals surface area contributed by atoms with Gasteiger partial charge in [0.1, 0.15) is 0 Å². The molecule has 1 amide bonds. The Kier molecular flexibility index (Phi) is 4.71. The number of carbonyl (C=O) groups excluding carboxylic acids is 1. The van der Waals surface area contributed by atoms with E-state index >= 15 is 0 Å². The lowest BCUT2D eigenvalue weighted by atomic mass is 10.1. The van der Waals surface area contributed by atoms with Crippen LogP contribution in [0.1, 0.15) is 17.0 Å². The first-order chi connectivity index (χ1) is 11.5. The smallest absolute Gasteiger partial charge is 0.234 e. The van der Waals surface area contributed by atoms with E-state index in [1.807, 2.05) is 66.8 Å². The molecule has 0 saturated carbocycles. The predicted molar refractivity (Wildman–Crippen MR) is 95.3 cm³/mol. The van der Waals surface area contributed by atoms with Crippen LogP contribution in [0, 0.1) is 20.8 Å². The van der Waals surface area contributed by atoms with E-state index in [9.17, 15) is 4.79 Å². The summed E-state index contributed by atoms with van der Waals surface area (Å²) >= 11 is 1.36. The van der Waals surface area contributed by atoms with Crippen molar-refractivity contribution in [3.8, 4) is 0 Å². The molecule has 2 aromatic heterocycles. The van der Waals surface area contributed by atoms with Crippen LogP contribution in [0.4, 0.5) is 5.69 Å². The summed E-state index contributed by atoms with van der Waals surface area (Å²) in [5.41, 5.74) is 3.07. The summed E-state index contributed by atoms with van der Waals surface area (Å²) in [6.07, 6.45) is 3.83. The quantitative estimate of drug-likeness (QED) is 0.725. The molecule has 0 bridgehead atoms. The molecule has 6 nitrogen and oxygen atoms in total. The number of hydrogen-bond acceptors (Lipinski definition) is 4. The molecule has 0 saturated heterocycles. The van der Waals surface area contributed by atoms with Gasteiger partial charge in [-0.1, -0.05) is 17.8 Å². The summed E-state index contributed by atoms with van der Waals surface area (Å²) < 4.78 is 3.76. The van der Waals surface area contributed by atoms with Crippen LogP contribution in [0.15, 0.2) is 47.9 Å². The number of nitrogens with zero attached hydrogens (tertiary/aromatic N) is 4. The second-order valence-electron chi connectivity index (χ2n) is 5.62. The lowest BCUT2D eigenvalue weighted by Gasteiger charge is -2.10.